The predicted molar refractivity (Wildman–Crippen MR) is 63.4 cm³/mol. The van der Waals surface area contributed by atoms with E-state index < -0.39 is 0 Å². The summed E-state index contributed by atoms with van der Waals surface area (Å²) in [6.07, 6.45) is 2.28. The Morgan fingerprint density at radius 1 is 1.44 bits per heavy atom. The molecule has 16 heavy (non-hydrogen) atoms. The van der Waals surface area contributed by atoms with Crippen molar-refractivity contribution in [2.24, 2.45) is 0 Å². The highest BCUT2D eigenvalue weighted by atomic mass is 16.5. The molecule has 0 saturated heterocycles. The molecule has 84 valence electrons. The lowest BCUT2D eigenvalue weighted by Gasteiger charge is -2.05. The maximum absolute atomic E-state index is 10.9. The molecule has 4 nitrogen and oxygen atoms in total. The van der Waals surface area contributed by atoms with E-state index in [1.54, 1.807) is 0 Å². The molecule has 0 atom stereocenters. The SMILES string of the molecule is COC(=O)CCNc1ccc2[nH]ccc2c1. The van der Waals surface area contributed by atoms with Gasteiger partial charge in [-0.2, -0.15) is 0 Å². The third-order valence-electron chi connectivity index (χ3n) is 2.44. The third kappa shape index (κ3) is 2.34. The average Bonchev–Trinajstić information content (AvgIpc) is 2.76. The molecule has 0 amide bonds. The fraction of sp³-hybridized carbons (Fsp3) is 0.250. The van der Waals surface area contributed by atoms with Crippen LogP contribution in [0, 0.1) is 0 Å². The quantitative estimate of drug-likeness (QED) is 0.773. The minimum atomic E-state index is -0.199. The predicted octanol–water partition coefficient (Wildman–Crippen LogP) is 2.14. The van der Waals surface area contributed by atoms with Crippen LogP contribution in [0.25, 0.3) is 10.9 Å². The molecule has 0 radical (unpaired) electrons. The number of nitrogens with one attached hydrogen (secondary N) is 2. The summed E-state index contributed by atoms with van der Waals surface area (Å²) >= 11 is 0. The van der Waals surface area contributed by atoms with E-state index in [1.165, 1.54) is 7.11 Å². The Bertz CT molecular complexity index is 490. The molecule has 2 rings (SSSR count). The van der Waals surface area contributed by atoms with Crippen LogP contribution in [0.5, 0.6) is 0 Å². The second-order valence-corrected chi connectivity index (χ2v) is 3.53. The molecule has 4 heteroatoms. The molecule has 2 aromatic rings. The molecule has 0 unspecified atom stereocenters. The summed E-state index contributed by atoms with van der Waals surface area (Å²) in [7, 11) is 1.40. The Morgan fingerprint density at radius 3 is 3.12 bits per heavy atom. The Labute approximate surface area is 93.6 Å². The Hall–Kier alpha value is -1.97. The smallest absolute Gasteiger partial charge is 0.307 e. The van der Waals surface area contributed by atoms with Crippen molar-refractivity contribution in [1.82, 2.24) is 4.98 Å². The standard InChI is InChI=1S/C12H14N2O2/c1-16-12(15)5-7-13-10-2-3-11-9(8-10)4-6-14-11/h2-4,6,8,13-14H,5,7H2,1H3. The van der Waals surface area contributed by atoms with Gasteiger partial charge >= 0.3 is 5.97 Å². The van der Waals surface area contributed by atoms with Gasteiger partial charge in [-0.3, -0.25) is 4.79 Å². The fourth-order valence-corrected chi connectivity index (χ4v) is 1.57. The number of hydrogen-bond acceptors (Lipinski definition) is 3. The van der Waals surface area contributed by atoms with Crippen LogP contribution in [0.3, 0.4) is 0 Å². The number of carbonyl (C=O) groups is 1. The van der Waals surface area contributed by atoms with Gasteiger partial charge in [-0.15, -0.1) is 0 Å². The first-order valence-electron chi connectivity index (χ1n) is 5.17. The Kier molecular flexibility index (Phi) is 3.10. The highest BCUT2D eigenvalue weighted by Gasteiger charge is 2.00. The van der Waals surface area contributed by atoms with Crippen molar-refractivity contribution in [3.63, 3.8) is 0 Å². The van der Waals surface area contributed by atoms with Crippen LogP contribution in [0.4, 0.5) is 5.69 Å². The van der Waals surface area contributed by atoms with Gasteiger partial charge in [-0.05, 0) is 24.3 Å². The summed E-state index contributed by atoms with van der Waals surface area (Å²) < 4.78 is 4.56. The fourth-order valence-electron chi connectivity index (χ4n) is 1.57. The van der Waals surface area contributed by atoms with Crippen LogP contribution in [0.2, 0.25) is 0 Å². The van der Waals surface area contributed by atoms with Crippen LogP contribution in [0.1, 0.15) is 6.42 Å². The van der Waals surface area contributed by atoms with E-state index in [2.05, 4.69) is 15.0 Å². The molecule has 1 heterocycles. The molecular weight excluding hydrogens is 204 g/mol. The molecule has 0 saturated carbocycles. The number of rotatable bonds is 4. The van der Waals surface area contributed by atoms with Gasteiger partial charge in [0.2, 0.25) is 0 Å². The summed E-state index contributed by atoms with van der Waals surface area (Å²) in [4.78, 5) is 14.0. The van der Waals surface area contributed by atoms with Gasteiger partial charge < -0.3 is 15.0 Å². The van der Waals surface area contributed by atoms with Gasteiger partial charge in [0.25, 0.3) is 0 Å². The number of methoxy groups -OCH3 is 1. The molecule has 1 aromatic carbocycles. The zero-order chi connectivity index (χ0) is 11.4. The van der Waals surface area contributed by atoms with Crippen LogP contribution in [0.15, 0.2) is 30.5 Å². The molecule has 1 aromatic heterocycles. The highest BCUT2D eigenvalue weighted by molar-refractivity contribution is 5.83. The van der Waals surface area contributed by atoms with Crippen molar-refractivity contribution >= 4 is 22.6 Å². The van der Waals surface area contributed by atoms with E-state index in [-0.39, 0.29) is 5.97 Å². The van der Waals surface area contributed by atoms with E-state index in [0.29, 0.717) is 13.0 Å². The molecule has 2 N–H and O–H groups in total. The zero-order valence-corrected chi connectivity index (χ0v) is 9.12. The lowest BCUT2D eigenvalue weighted by atomic mass is 10.2. The van der Waals surface area contributed by atoms with Crippen molar-refractivity contribution in [2.45, 2.75) is 6.42 Å². The number of esters is 1. The molecule has 0 fully saturated rings. The largest absolute Gasteiger partial charge is 0.469 e. The second-order valence-electron chi connectivity index (χ2n) is 3.53. The summed E-state index contributed by atoms with van der Waals surface area (Å²) in [5.41, 5.74) is 2.12. The summed E-state index contributed by atoms with van der Waals surface area (Å²) in [6, 6.07) is 8.05. The molecular formula is C12H14N2O2. The number of benzene rings is 1. The first kappa shape index (κ1) is 10.5. The van der Waals surface area contributed by atoms with Crippen molar-refractivity contribution in [3.05, 3.63) is 30.5 Å². The molecule has 0 aliphatic heterocycles. The van der Waals surface area contributed by atoms with E-state index in [4.69, 9.17) is 0 Å². The Morgan fingerprint density at radius 2 is 2.31 bits per heavy atom. The van der Waals surface area contributed by atoms with E-state index in [0.717, 1.165) is 16.6 Å². The molecule has 0 aliphatic carbocycles. The van der Waals surface area contributed by atoms with Gasteiger partial charge in [-0.25, -0.2) is 0 Å². The van der Waals surface area contributed by atoms with Crippen LogP contribution >= 0.6 is 0 Å². The summed E-state index contributed by atoms with van der Waals surface area (Å²) in [5, 5.41) is 4.33. The van der Waals surface area contributed by atoms with Crippen molar-refractivity contribution in [3.8, 4) is 0 Å². The molecule has 0 aliphatic rings. The van der Waals surface area contributed by atoms with E-state index >= 15 is 0 Å². The van der Waals surface area contributed by atoms with Crippen molar-refractivity contribution in [1.29, 1.82) is 0 Å². The second kappa shape index (κ2) is 4.70. The highest BCUT2D eigenvalue weighted by Crippen LogP contribution is 2.17. The number of carbonyl (C=O) groups excluding carboxylic acids is 1. The van der Waals surface area contributed by atoms with Crippen LogP contribution < -0.4 is 5.32 Å². The zero-order valence-electron chi connectivity index (χ0n) is 9.12. The van der Waals surface area contributed by atoms with Gasteiger partial charge in [0.15, 0.2) is 0 Å². The van der Waals surface area contributed by atoms with Gasteiger partial charge in [-0.1, -0.05) is 0 Å². The van der Waals surface area contributed by atoms with Gasteiger partial charge in [0.1, 0.15) is 0 Å². The van der Waals surface area contributed by atoms with Gasteiger partial charge in [0, 0.05) is 29.3 Å². The summed E-state index contributed by atoms with van der Waals surface area (Å²) in [5.74, 6) is -0.199. The topological polar surface area (TPSA) is 54.1 Å². The first-order valence-corrected chi connectivity index (χ1v) is 5.17. The van der Waals surface area contributed by atoms with Crippen molar-refractivity contribution < 1.29 is 9.53 Å². The Balaban J connectivity index is 1.96. The van der Waals surface area contributed by atoms with E-state index in [9.17, 15) is 4.79 Å². The number of anilines is 1. The minimum Gasteiger partial charge on any atom is -0.469 e. The first-order chi connectivity index (χ1) is 7.79. The monoisotopic (exact) mass is 218 g/mol. The van der Waals surface area contributed by atoms with Crippen LogP contribution in [-0.4, -0.2) is 24.6 Å². The maximum atomic E-state index is 10.9. The lowest BCUT2D eigenvalue weighted by molar-refractivity contribution is -0.140. The number of fused-ring (bicyclic) bond motifs is 1. The number of aromatic amines is 1. The number of H-pyrrole nitrogens is 1. The number of hydrogen-bond donors (Lipinski definition) is 2. The average molecular weight is 218 g/mol. The van der Waals surface area contributed by atoms with Crippen LogP contribution in [-0.2, 0) is 9.53 Å². The van der Waals surface area contributed by atoms with Crippen molar-refractivity contribution in [2.75, 3.05) is 19.0 Å². The summed E-state index contributed by atoms with van der Waals surface area (Å²) in [6.45, 7) is 0.586. The minimum absolute atomic E-state index is 0.199. The molecule has 0 spiro atoms. The molecule has 0 bridgehead atoms. The normalized spacial score (nSPS) is 10.3. The number of aromatic nitrogens is 1. The van der Waals surface area contributed by atoms with Gasteiger partial charge in [0.05, 0.1) is 13.5 Å². The maximum Gasteiger partial charge on any atom is 0.307 e. The van der Waals surface area contributed by atoms with E-state index in [1.807, 2.05) is 30.5 Å². The lowest BCUT2D eigenvalue weighted by Crippen LogP contribution is -2.09. The third-order valence-corrected chi connectivity index (χ3v) is 2.44. The number of ether oxygens (including phenoxy) is 1.